The molecule has 0 spiro atoms. The Morgan fingerprint density at radius 1 is 1.52 bits per heavy atom. The number of carbonyl (C=O) groups is 2. The van der Waals surface area contributed by atoms with Gasteiger partial charge in [-0.1, -0.05) is 6.07 Å². The number of amides is 4. The number of nitrogens with zero attached hydrogens (tertiary/aromatic N) is 3. The van der Waals surface area contributed by atoms with E-state index in [2.05, 4.69) is 15.7 Å². The highest BCUT2D eigenvalue weighted by molar-refractivity contribution is 7.10. The molecule has 2 aromatic heterocycles. The summed E-state index contributed by atoms with van der Waals surface area (Å²) in [6, 6.07) is 5.22. The molecule has 1 saturated heterocycles. The van der Waals surface area contributed by atoms with Crippen LogP contribution in [0.1, 0.15) is 22.3 Å². The summed E-state index contributed by atoms with van der Waals surface area (Å²) in [6.07, 6.45) is 0. The second-order valence-electron chi connectivity index (χ2n) is 5.47. The maximum absolute atomic E-state index is 12.2. The number of nitrogens with one attached hydrogen (secondary N) is 2. The zero-order chi connectivity index (χ0) is 16.4. The second-order valence-corrected chi connectivity index (χ2v) is 6.45. The van der Waals surface area contributed by atoms with Crippen LogP contribution >= 0.6 is 11.3 Å². The molecule has 4 amide bonds. The third-order valence-electron chi connectivity index (χ3n) is 3.76. The second kappa shape index (κ2) is 6.41. The van der Waals surface area contributed by atoms with Gasteiger partial charge in [0.15, 0.2) is 0 Å². The number of aromatic nitrogens is 2. The van der Waals surface area contributed by atoms with Crippen molar-refractivity contribution in [2.75, 3.05) is 19.6 Å². The number of urea groups is 2. The van der Waals surface area contributed by atoms with Gasteiger partial charge in [-0.25, -0.2) is 14.5 Å². The van der Waals surface area contributed by atoms with Crippen LogP contribution in [-0.2, 0) is 0 Å². The summed E-state index contributed by atoms with van der Waals surface area (Å²) < 4.78 is 1.92. The SMILES string of the molecule is Cc1cc(C)n(C(CNC(=O)N2CCNC2=O)c2cccs2)n1. The molecule has 0 aliphatic carbocycles. The van der Waals surface area contributed by atoms with E-state index < -0.39 is 0 Å². The Morgan fingerprint density at radius 3 is 2.91 bits per heavy atom. The van der Waals surface area contributed by atoms with Crippen LogP contribution in [0.5, 0.6) is 0 Å². The van der Waals surface area contributed by atoms with Gasteiger partial charge >= 0.3 is 12.1 Å². The molecule has 3 heterocycles. The lowest BCUT2D eigenvalue weighted by Gasteiger charge is -2.20. The zero-order valence-electron chi connectivity index (χ0n) is 13.1. The largest absolute Gasteiger partial charge is 0.336 e. The van der Waals surface area contributed by atoms with Crippen LogP contribution in [0.3, 0.4) is 0 Å². The van der Waals surface area contributed by atoms with E-state index in [0.29, 0.717) is 19.6 Å². The van der Waals surface area contributed by atoms with Crippen molar-refractivity contribution in [1.29, 1.82) is 0 Å². The van der Waals surface area contributed by atoms with Crippen molar-refractivity contribution in [2.45, 2.75) is 19.9 Å². The van der Waals surface area contributed by atoms with Gasteiger partial charge in [-0.15, -0.1) is 11.3 Å². The molecule has 1 aliphatic heterocycles. The minimum atomic E-state index is -0.372. The first kappa shape index (κ1) is 15.5. The number of imide groups is 1. The molecule has 1 unspecified atom stereocenters. The van der Waals surface area contributed by atoms with Gasteiger partial charge in [0.05, 0.1) is 5.69 Å². The normalized spacial score (nSPS) is 15.6. The van der Waals surface area contributed by atoms with E-state index in [0.717, 1.165) is 16.3 Å². The van der Waals surface area contributed by atoms with Crippen LogP contribution in [0.4, 0.5) is 9.59 Å². The Labute approximate surface area is 138 Å². The molecule has 0 aromatic carbocycles. The quantitative estimate of drug-likeness (QED) is 0.897. The van der Waals surface area contributed by atoms with Crippen molar-refractivity contribution in [1.82, 2.24) is 25.3 Å². The summed E-state index contributed by atoms with van der Waals surface area (Å²) in [5, 5.41) is 12.0. The van der Waals surface area contributed by atoms with Gasteiger partial charge in [0.25, 0.3) is 0 Å². The van der Waals surface area contributed by atoms with Gasteiger partial charge in [0.1, 0.15) is 6.04 Å². The highest BCUT2D eigenvalue weighted by Gasteiger charge is 2.27. The third-order valence-corrected chi connectivity index (χ3v) is 4.73. The number of hydrogen-bond acceptors (Lipinski definition) is 4. The number of aryl methyl sites for hydroxylation is 2. The Balaban J connectivity index is 1.76. The average molecular weight is 333 g/mol. The summed E-state index contributed by atoms with van der Waals surface area (Å²) in [5.74, 6) is 0. The molecule has 23 heavy (non-hydrogen) atoms. The molecular formula is C15H19N5O2S. The van der Waals surface area contributed by atoms with Crippen LogP contribution in [-0.4, -0.2) is 46.4 Å². The molecule has 122 valence electrons. The fraction of sp³-hybridized carbons (Fsp3) is 0.400. The highest BCUT2D eigenvalue weighted by atomic mass is 32.1. The predicted octanol–water partition coefficient (Wildman–Crippen LogP) is 1.89. The molecule has 7 nitrogen and oxygen atoms in total. The van der Waals surface area contributed by atoms with E-state index in [1.54, 1.807) is 11.3 Å². The molecule has 3 rings (SSSR count). The van der Waals surface area contributed by atoms with Crippen molar-refractivity contribution in [3.8, 4) is 0 Å². The van der Waals surface area contributed by atoms with Crippen molar-refractivity contribution in [3.05, 3.63) is 39.8 Å². The van der Waals surface area contributed by atoms with Gasteiger partial charge in [-0.3, -0.25) is 4.68 Å². The summed E-state index contributed by atoms with van der Waals surface area (Å²) in [6.45, 7) is 5.22. The minimum Gasteiger partial charge on any atom is -0.336 e. The Hall–Kier alpha value is -2.35. The van der Waals surface area contributed by atoms with Gasteiger partial charge in [0.2, 0.25) is 0 Å². The summed E-state index contributed by atoms with van der Waals surface area (Å²) in [4.78, 5) is 26.0. The Bertz CT molecular complexity index is 710. The van der Waals surface area contributed by atoms with E-state index >= 15 is 0 Å². The molecule has 1 atom stereocenters. The van der Waals surface area contributed by atoms with E-state index in [9.17, 15) is 9.59 Å². The minimum absolute atomic E-state index is 0.0849. The van der Waals surface area contributed by atoms with Crippen LogP contribution < -0.4 is 10.6 Å². The number of hydrogen-bond donors (Lipinski definition) is 2. The van der Waals surface area contributed by atoms with Gasteiger partial charge in [-0.05, 0) is 31.4 Å². The lowest BCUT2D eigenvalue weighted by Crippen LogP contribution is -2.44. The van der Waals surface area contributed by atoms with Crippen LogP contribution in [0.25, 0.3) is 0 Å². The van der Waals surface area contributed by atoms with Gasteiger partial charge in [-0.2, -0.15) is 5.10 Å². The lowest BCUT2D eigenvalue weighted by atomic mass is 10.2. The molecular weight excluding hydrogens is 314 g/mol. The van der Waals surface area contributed by atoms with Gasteiger partial charge in [0, 0.05) is 30.2 Å². The van der Waals surface area contributed by atoms with Crippen LogP contribution in [0.2, 0.25) is 0 Å². The molecule has 1 fully saturated rings. The lowest BCUT2D eigenvalue weighted by molar-refractivity contribution is 0.198. The maximum atomic E-state index is 12.2. The molecule has 2 aromatic rings. The van der Waals surface area contributed by atoms with Gasteiger partial charge < -0.3 is 10.6 Å². The van der Waals surface area contributed by atoms with Crippen molar-refractivity contribution < 1.29 is 9.59 Å². The zero-order valence-corrected chi connectivity index (χ0v) is 13.9. The van der Waals surface area contributed by atoms with E-state index in [1.165, 1.54) is 4.90 Å². The van der Waals surface area contributed by atoms with Crippen LogP contribution in [0, 0.1) is 13.8 Å². The fourth-order valence-electron chi connectivity index (χ4n) is 2.69. The Kier molecular flexibility index (Phi) is 4.33. The van der Waals surface area contributed by atoms with Crippen molar-refractivity contribution >= 4 is 23.4 Å². The van der Waals surface area contributed by atoms with Crippen LogP contribution in [0.15, 0.2) is 23.6 Å². The third kappa shape index (κ3) is 3.21. The molecule has 0 bridgehead atoms. The van der Waals surface area contributed by atoms with Crippen molar-refractivity contribution in [2.24, 2.45) is 0 Å². The topological polar surface area (TPSA) is 79.3 Å². The predicted molar refractivity (Wildman–Crippen MR) is 87.7 cm³/mol. The summed E-state index contributed by atoms with van der Waals surface area (Å²) in [7, 11) is 0. The standard InChI is InChI=1S/C15H19N5O2S/c1-10-8-11(2)20(18-10)12(13-4-3-7-23-13)9-17-15(22)19-6-5-16-14(19)21/h3-4,7-8,12H,5-6,9H2,1-2H3,(H,16,21)(H,17,22). The first-order valence-electron chi connectivity index (χ1n) is 7.45. The van der Waals surface area contributed by atoms with Crippen molar-refractivity contribution in [3.63, 3.8) is 0 Å². The molecule has 8 heteroatoms. The average Bonchev–Trinajstić information content (AvgIpc) is 3.22. The first-order valence-corrected chi connectivity index (χ1v) is 8.33. The Morgan fingerprint density at radius 2 is 2.35 bits per heavy atom. The first-order chi connectivity index (χ1) is 11.1. The fourth-order valence-corrected chi connectivity index (χ4v) is 3.51. The maximum Gasteiger partial charge on any atom is 0.325 e. The van der Waals surface area contributed by atoms with E-state index in [4.69, 9.17) is 0 Å². The molecule has 1 aliphatic rings. The van der Waals surface area contributed by atoms with E-state index in [1.807, 2.05) is 42.1 Å². The molecule has 0 radical (unpaired) electrons. The number of carbonyl (C=O) groups excluding carboxylic acids is 2. The highest BCUT2D eigenvalue weighted by Crippen LogP contribution is 2.24. The number of thiophene rings is 1. The summed E-state index contributed by atoms with van der Waals surface area (Å²) in [5.41, 5.74) is 1.98. The number of rotatable bonds is 4. The monoisotopic (exact) mass is 333 g/mol. The van der Waals surface area contributed by atoms with E-state index in [-0.39, 0.29) is 18.1 Å². The molecule has 2 N–H and O–H groups in total. The smallest absolute Gasteiger partial charge is 0.325 e. The molecule has 0 saturated carbocycles. The summed E-state index contributed by atoms with van der Waals surface area (Å²) >= 11 is 1.62.